The van der Waals surface area contributed by atoms with Gasteiger partial charge in [-0.05, 0) is 73.5 Å². The molecule has 0 bridgehead atoms. The third-order valence-electron chi connectivity index (χ3n) is 3.45. The van der Waals surface area contributed by atoms with E-state index in [0.29, 0.717) is 5.92 Å². The van der Waals surface area contributed by atoms with E-state index in [9.17, 15) is 0 Å². The number of benzene rings is 1. The van der Waals surface area contributed by atoms with Crippen LogP contribution >= 0.6 is 0 Å². The molecular weight excluding hydrogens is 234 g/mol. The van der Waals surface area contributed by atoms with Gasteiger partial charge in [0.25, 0.3) is 0 Å². The molecule has 1 aromatic carbocycles. The van der Waals surface area contributed by atoms with Gasteiger partial charge in [-0.25, -0.2) is 0 Å². The Morgan fingerprint density at radius 2 is 1.95 bits per heavy atom. The lowest BCUT2D eigenvalue weighted by Crippen LogP contribution is -2.01. The van der Waals surface area contributed by atoms with E-state index in [4.69, 9.17) is 10.5 Å². The van der Waals surface area contributed by atoms with Gasteiger partial charge in [0.05, 0.1) is 7.11 Å². The highest BCUT2D eigenvalue weighted by molar-refractivity contribution is 5.71. The number of rotatable bonds is 6. The molecule has 2 N–H and O–H groups in total. The molecule has 0 saturated heterocycles. The Bertz CT molecular complexity index is 447. The molecule has 2 heteroatoms. The first-order valence-electron chi connectivity index (χ1n) is 7.07. The first-order chi connectivity index (χ1) is 9.01. The van der Waals surface area contributed by atoms with E-state index in [1.807, 2.05) is 0 Å². The molecule has 0 amide bonds. The minimum absolute atomic E-state index is 0.518. The van der Waals surface area contributed by atoms with Gasteiger partial charge in [-0.2, -0.15) is 0 Å². The number of hydrogen-bond donors (Lipinski definition) is 1. The average molecular weight is 261 g/mol. The highest BCUT2D eigenvalue weighted by Gasteiger charge is 2.11. The van der Waals surface area contributed by atoms with Crippen LogP contribution in [0.1, 0.15) is 43.4 Å². The van der Waals surface area contributed by atoms with E-state index in [0.717, 1.165) is 25.1 Å². The van der Waals surface area contributed by atoms with Gasteiger partial charge in [-0.3, -0.25) is 0 Å². The maximum absolute atomic E-state index is 5.58. The Kier molecular flexibility index (Phi) is 6.10. The minimum atomic E-state index is 0.518. The van der Waals surface area contributed by atoms with Crippen molar-refractivity contribution in [3.8, 4) is 5.75 Å². The van der Waals surface area contributed by atoms with Gasteiger partial charge >= 0.3 is 0 Å². The third-order valence-corrected chi connectivity index (χ3v) is 3.45. The number of hydrogen-bond acceptors (Lipinski definition) is 2. The molecule has 0 saturated carbocycles. The maximum atomic E-state index is 5.58. The van der Waals surface area contributed by atoms with Crippen molar-refractivity contribution >= 4 is 5.57 Å². The summed E-state index contributed by atoms with van der Waals surface area (Å²) in [6, 6.07) is 4.37. The lowest BCUT2D eigenvalue weighted by atomic mass is 9.89. The fraction of sp³-hybridized carbons (Fsp3) is 0.529. The molecule has 1 rings (SSSR count). The Morgan fingerprint density at radius 1 is 1.26 bits per heavy atom. The quantitative estimate of drug-likeness (QED) is 0.783. The van der Waals surface area contributed by atoms with Crippen molar-refractivity contribution in [2.75, 3.05) is 13.7 Å². The summed E-state index contributed by atoms with van der Waals surface area (Å²) in [6.45, 7) is 9.49. The van der Waals surface area contributed by atoms with Crippen LogP contribution in [0.15, 0.2) is 18.2 Å². The fourth-order valence-electron chi connectivity index (χ4n) is 2.35. The third kappa shape index (κ3) is 4.10. The molecule has 0 unspecified atom stereocenters. The zero-order valence-electron chi connectivity index (χ0n) is 12.9. The summed E-state index contributed by atoms with van der Waals surface area (Å²) in [5.74, 6) is 1.48. The van der Waals surface area contributed by atoms with Crippen LogP contribution in [0, 0.1) is 19.8 Å². The van der Waals surface area contributed by atoms with Gasteiger partial charge in [-0.1, -0.05) is 19.9 Å². The number of unbranched alkanes of at least 4 members (excludes halogenated alkanes) is 1. The summed E-state index contributed by atoms with van der Waals surface area (Å²) in [5.41, 5.74) is 10.8. The molecule has 106 valence electrons. The van der Waals surface area contributed by atoms with Crippen LogP contribution in [0.2, 0.25) is 0 Å². The first kappa shape index (κ1) is 15.8. The summed E-state index contributed by atoms with van der Waals surface area (Å²) in [4.78, 5) is 0. The van der Waals surface area contributed by atoms with Crippen LogP contribution in [0.25, 0.3) is 5.57 Å². The van der Waals surface area contributed by atoms with Crippen LogP contribution in [-0.4, -0.2) is 13.7 Å². The molecule has 19 heavy (non-hydrogen) atoms. The highest BCUT2D eigenvalue weighted by atomic mass is 16.5. The first-order valence-corrected chi connectivity index (χ1v) is 7.07. The van der Waals surface area contributed by atoms with Crippen LogP contribution in [0.3, 0.4) is 0 Å². The number of nitrogens with two attached hydrogens (primary N) is 1. The summed E-state index contributed by atoms with van der Waals surface area (Å²) in [7, 11) is 1.72. The molecule has 0 radical (unpaired) electrons. The molecule has 0 aliphatic heterocycles. The fourth-order valence-corrected chi connectivity index (χ4v) is 2.35. The van der Waals surface area contributed by atoms with E-state index in [-0.39, 0.29) is 0 Å². The van der Waals surface area contributed by atoms with Crippen molar-refractivity contribution in [1.29, 1.82) is 0 Å². The second kappa shape index (κ2) is 7.34. The van der Waals surface area contributed by atoms with Gasteiger partial charge in [-0.15, -0.1) is 0 Å². The summed E-state index contributed by atoms with van der Waals surface area (Å²) in [5, 5.41) is 0. The standard InChI is InChI=1S/C17H27NO/c1-12(2)15(8-6-7-9-18)16-10-14(4)17(19-5)11-13(16)3/h8,10-12H,6-7,9,18H2,1-5H3/b15-8+. The predicted octanol–water partition coefficient (Wildman–Crippen LogP) is 4.09. The molecule has 0 aliphatic rings. The van der Waals surface area contributed by atoms with Crippen molar-refractivity contribution in [1.82, 2.24) is 0 Å². The molecular formula is C17H27NO. The monoisotopic (exact) mass is 261 g/mol. The molecule has 0 fully saturated rings. The molecule has 0 spiro atoms. The average Bonchev–Trinajstić information content (AvgIpc) is 2.37. The SMILES string of the molecule is COc1cc(C)c(/C(=C/CCCN)C(C)C)cc1C. The lowest BCUT2D eigenvalue weighted by Gasteiger charge is -2.17. The van der Waals surface area contributed by atoms with Crippen LogP contribution < -0.4 is 10.5 Å². The summed E-state index contributed by atoms with van der Waals surface area (Å²) < 4.78 is 5.38. The number of ether oxygens (including phenoxy) is 1. The lowest BCUT2D eigenvalue weighted by molar-refractivity contribution is 0.411. The van der Waals surface area contributed by atoms with Crippen molar-refractivity contribution in [2.45, 2.75) is 40.5 Å². The Labute approximate surface area is 117 Å². The Hall–Kier alpha value is -1.28. The summed E-state index contributed by atoms with van der Waals surface area (Å²) >= 11 is 0. The number of allylic oxidation sites excluding steroid dienone is 2. The zero-order valence-corrected chi connectivity index (χ0v) is 12.9. The zero-order chi connectivity index (χ0) is 14.4. The predicted molar refractivity (Wildman–Crippen MR) is 83.6 cm³/mol. The van der Waals surface area contributed by atoms with Gasteiger partial charge in [0, 0.05) is 0 Å². The van der Waals surface area contributed by atoms with Crippen molar-refractivity contribution in [3.05, 3.63) is 34.9 Å². The van der Waals surface area contributed by atoms with E-state index in [2.05, 4.69) is 45.9 Å². The number of methoxy groups -OCH3 is 1. The Morgan fingerprint density at radius 3 is 2.47 bits per heavy atom. The van der Waals surface area contributed by atoms with Gasteiger partial charge in [0.1, 0.15) is 5.75 Å². The largest absolute Gasteiger partial charge is 0.496 e. The molecule has 0 aliphatic carbocycles. The van der Waals surface area contributed by atoms with E-state index < -0.39 is 0 Å². The van der Waals surface area contributed by atoms with Crippen molar-refractivity contribution in [3.63, 3.8) is 0 Å². The van der Waals surface area contributed by atoms with E-state index >= 15 is 0 Å². The maximum Gasteiger partial charge on any atom is 0.122 e. The second-order valence-corrected chi connectivity index (χ2v) is 5.38. The second-order valence-electron chi connectivity index (χ2n) is 5.38. The normalized spacial score (nSPS) is 12.1. The van der Waals surface area contributed by atoms with Crippen LogP contribution in [0.4, 0.5) is 0 Å². The van der Waals surface area contributed by atoms with Gasteiger partial charge < -0.3 is 10.5 Å². The number of aryl methyl sites for hydroxylation is 2. The molecule has 0 aromatic heterocycles. The Balaban J connectivity index is 3.16. The summed E-state index contributed by atoms with van der Waals surface area (Å²) in [6.07, 6.45) is 4.44. The molecule has 1 aromatic rings. The van der Waals surface area contributed by atoms with Crippen molar-refractivity contribution < 1.29 is 4.74 Å². The topological polar surface area (TPSA) is 35.2 Å². The minimum Gasteiger partial charge on any atom is -0.496 e. The van der Waals surface area contributed by atoms with Crippen molar-refractivity contribution in [2.24, 2.45) is 11.7 Å². The van der Waals surface area contributed by atoms with Crippen LogP contribution in [0.5, 0.6) is 5.75 Å². The van der Waals surface area contributed by atoms with E-state index in [1.54, 1.807) is 7.11 Å². The molecule has 2 nitrogen and oxygen atoms in total. The molecule has 0 atom stereocenters. The van der Waals surface area contributed by atoms with Crippen LogP contribution in [-0.2, 0) is 0 Å². The highest BCUT2D eigenvalue weighted by Crippen LogP contribution is 2.31. The smallest absolute Gasteiger partial charge is 0.122 e. The van der Waals surface area contributed by atoms with Gasteiger partial charge in [0.2, 0.25) is 0 Å². The molecule has 0 heterocycles. The van der Waals surface area contributed by atoms with Gasteiger partial charge in [0.15, 0.2) is 0 Å². The van der Waals surface area contributed by atoms with E-state index in [1.165, 1.54) is 22.3 Å².